The standard InChI is InChI=1S/C7H10N2O3/c10-6(11)5-1-7(2-5)3-9(4-7)8-12/h5H,1-4H2,(H,10,11). The van der Waals surface area contributed by atoms with Crippen LogP contribution in [0.2, 0.25) is 0 Å². The predicted molar refractivity (Wildman–Crippen MR) is 40.2 cm³/mol. The molecule has 1 saturated heterocycles. The van der Waals surface area contributed by atoms with Gasteiger partial charge in [0.15, 0.2) is 0 Å². The van der Waals surface area contributed by atoms with E-state index in [9.17, 15) is 9.70 Å². The van der Waals surface area contributed by atoms with Crippen LogP contribution in [-0.4, -0.2) is 29.2 Å². The van der Waals surface area contributed by atoms with Crippen molar-refractivity contribution in [2.75, 3.05) is 13.1 Å². The van der Waals surface area contributed by atoms with Crippen LogP contribution in [0.4, 0.5) is 0 Å². The number of carboxylic acid groups (broad SMARTS) is 1. The second-order valence-corrected chi connectivity index (χ2v) is 3.85. The van der Waals surface area contributed by atoms with Crippen molar-refractivity contribution in [2.45, 2.75) is 12.8 Å². The van der Waals surface area contributed by atoms with E-state index in [1.54, 1.807) is 0 Å². The molecule has 2 aliphatic rings. The minimum atomic E-state index is -0.710. The lowest BCUT2D eigenvalue weighted by Gasteiger charge is -2.55. The highest BCUT2D eigenvalue weighted by molar-refractivity contribution is 5.71. The molecule has 0 unspecified atom stereocenters. The molecule has 2 rings (SSSR count). The summed E-state index contributed by atoms with van der Waals surface area (Å²) in [6.45, 7) is 1.31. The molecule has 5 heteroatoms. The van der Waals surface area contributed by atoms with E-state index in [-0.39, 0.29) is 11.3 Å². The lowest BCUT2D eigenvalue weighted by Crippen LogP contribution is -2.61. The molecule has 5 nitrogen and oxygen atoms in total. The van der Waals surface area contributed by atoms with Gasteiger partial charge in [0.1, 0.15) is 0 Å². The summed E-state index contributed by atoms with van der Waals surface area (Å²) < 4.78 is 0. The topological polar surface area (TPSA) is 70.0 Å². The number of hydrogen-bond donors (Lipinski definition) is 1. The molecular weight excluding hydrogens is 160 g/mol. The van der Waals surface area contributed by atoms with Crippen LogP contribution in [0.3, 0.4) is 0 Å². The van der Waals surface area contributed by atoms with Crippen LogP contribution >= 0.6 is 0 Å². The minimum Gasteiger partial charge on any atom is -0.481 e. The van der Waals surface area contributed by atoms with Gasteiger partial charge in [-0.1, -0.05) is 0 Å². The largest absolute Gasteiger partial charge is 0.481 e. The van der Waals surface area contributed by atoms with Gasteiger partial charge in [0.05, 0.1) is 11.2 Å². The zero-order chi connectivity index (χ0) is 8.77. The highest BCUT2D eigenvalue weighted by Crippen LogP contribution is 2.51. The Kier molecular flexibility index (Phi) is 1.37. The summed E-state index contributed by atoms with van der Waals surface area (Å²) >= 11 is 0. The highest BCUT2D eigenvalue weighted by atomic mass is 16.4. The number of hydrogen-bond acceptors (Lipinski definition) is 3. The molecule has 1 aliphatic heterocycles. The summed E-state index contributed by atoms with van der Waals surface area (Å²) in [5.74, 6) is -0.892. The first-order valence-electron chi connectivity index (χ1n) is 3.96. The Bertz CT molecular complexity index is 227. The first kappa shape index (κ1) is 7.52. The smallest absolute Gasteiger partial charge is 0.306 e. The van der Waals surface area contributed by atoms with Crippen LogP contribution in [0.1, 0.15) is 12.8 Å². The normalized spacial score (nSPS) is 26.2. The molecule has 0 radical (unpaired) electrons. The quantitative estimate of drug-likeness (QED) is 0.611. The number of rotatable bonds is 2. The Morgan fingerprint density at radius 1 is 1.50 bits per heavy atom. The van der Waals surface area contributed by atoms with Gasteiger partial charge >= 0.3 is 5.97 Å². The maximum absolute atomic E-state index is 10.5. The average molecular weight is 170 g/mol. The van der Waals surface area contributed by atoms with E-state index in [2.05, 4.69) is 5.29 Å². The molecule has 12 heavy (non-hydrogen) atoms. The maximum atomic E-state index is 10.5. The fourth-order valence-corrected chi connectivity index (χ4v) is 2.20. The Hall–Kier alpha value is -1.13. The molecule has 0 bridgehead atoms. The van der Waals surface area contributed by atoms with Gasteiger partial charge < -0.3 is 5.11 Å². The van der Waals surface area contributed by atoms with Gasteiger partial charge in [0.2, 0.25) is 0 Å². The van der Waals surface area contributed by atoms with Crippen molar-refractivity contribution < 1.29 is 9.90 Å². The fraction of sp³-hybridized carbons (Fsp3) is 0.857. The van der Waals surface area contributed by atoms with Gasteiger partial charge in [-0.2, -0.15) is 0 Å². The molecule has 0 aromatic carbocycles. The van der Waals surface area contributed by atoms with Crippen molar-refractivity contribution in [3.63, 3.8) is 0 Å². The number of aliphatic carboxylic acids is 1. The Morgan fingerprint density at radius 3 is 2.50 bits per heavy atom. The van der Waals surface area contributed by atoms with Crippen LogP contribution in [0, 0.1) is 16.2 Å². The third-order valence-electron chi connectivity index (χ3n) is 2.86. The number of carbonyl (C=O) groups is 1. The Morgan fingerprint density at radius 2 is 2.08 bits per heavy atom. The molecule has 1 aliphatic carbocycles. The minimum absolute atomic E-state index is 0.122. The third kappa shape index (κ3) is 0.888. The molecule has 1 heterocycles. The van der Waals surface area contributed by atoms with Crippen molar-refractivity contribution in [3.8, 4) is 0 Å². The van der Waals surface area contributed by atoms with Crippen LogP contribution in [-0.2, 0) is 4.79 Å². The molecule has 0 aromatic rings. The van der Waals surface area contributed by atoms with E-state index in [0.29, 0.717) is 25.9 Å². The number of nitrogens with zero attached hydrogens (tertiary/aromatic N) is 2. The molecule has 0 aromatic heterocycles. The monoisotopic (exact) mass is 170 g/mol. The zero-order valence-corrected chi connectivity index (χ0v) is 6.56. The molecule has 1 saturated carbocycles. The summed E-state index contributed by atoms with van der Waals surface area (Å²) in [6, 6.07) is 0. The Labute approximate surface area is 69.3 Å². The molecule has 66 valence electrons. The number of nitroso groups, excluding NO2 is 1. The van der Waals surface area contributed by atoms with Gasteiger partial charge in [0, 0.05) is 18.5 Å². The van der Waals surface area contributed by atoms with Crippen molar-refractivity contribution >= 4 is 5.97 Å². The second kappa shape index (κ2) is 2.18. The van der Waals surface area contributed by atoms with Gasteiger partial charge in [0.25, 0.3) is 0 Å². The maximum Gasteiger partial charge on any atom is 0.306 e. The van der Waals surface area contributed by atoms with E-state index < -0.39 is 5.97 Å². The highest BCUT2D eigenvalue weighted by Gasteiger charge is 2.55. The molecule has 1 spiro atoms. The molecule has 2 fully saturated rings. The first-order chi connectivity index (χ1) is 5.65. The molecule has 1 N–H and O–H groups in total. The molecule has 0 atom stereocenters. The first-order valence-corrected chi connectivity index (χ1v) is 3.96. The number of carboxylic acids is 1. The van der Waals surface area contributed by atoms with Crippen LogP contribution in [0.25, 0.3) is 0 Å². The average Bonchev–Trinajstić information content (AvgIpc) is 1.81. The van der Waals surface area contributed by atoms with E-state index in [4.69, 9.17) is 5.11 Å². The van der Waals surface area contributed by atoms with Crippen LogP contribution in [0.5, 0.6) is 0 Å². The van der Waals surface area contributed by atoms with Gasteiger partial charge in [-0.15, -0.1) is 4.91 Å². The van der Waals surface area contributed by atoms with Crippen molar-refractivity contribution in [1.82, 2.24) is 5.01 Å². The Balaban J connectivity index is 1.82. The molecular formula is C7H10N2O3. The van der Waals surface area contributed by atoms with E-state index >= 15 is 0 Å². The fourth-order valence-electron chi connectivity index (χ4n) is 2.20. The summed E-state index contributed by atoms with van der Waals surface area (Å²) in [5.41, 5.74) is 0.122. The zero-order valence-electron chi connectivity index (χ0n) is 6.56. The molecule has 0 amide bonds. The lowest BCUT2D eigenvalue weighted by molar-refractivity contribution is -0.160. The van der Waals surface area contributed by atoms with Gasteiger partial charge in [-0.25, -0.2) is 0 Å². The van der Waals surface area contributed by atoms with Crippen LogP contribution < -0.4 is 0 Å². The SMILES string of the molecule is O=NN1CC2(CC(C(=O)O)C2)C1. The summed E-state index contributed by atoms with van der Waals surface area (Å²) in [4.78, 5) is 20.5. The summed E-state index contributed by atoms with van der Waals surface area (Å²) in [5, 5.41) is 12.8. The summed E-state index contributed by atoms with van der Waals surface area (Å²) in [6.07, 6.45) is 1.43. The van der Waals surface area contributed by atoms with Gasteiger partial charge in [-0.3, -0.25) is 9.80 Å². The van der Waals surface area contributed by atoms with E-state index in [1.165, 1.54) is 5.01 Å². The lowest BCUT2D eigenvalue weighted by atomic mass is 9.58. The van der Waals surface area contributed by atoms with Gasteiger partial charge in [-0.05, 0) is 12.8 Å². The summed E-state index contributed by atoms with van der Waals surface area (Å²) in [7, 11) is 0. The van der Waals surface area contributed by atoms with Crippen molar-refractivity contribution in [3.05, 3.63) is 4.91 Å². The second-order valence-electron chi connectivity index (χ2n) is 3.85. The predicted octanol–water partition coefficient (Wildman–Crippen LogP) is 0.464. The third-order valence-corrected chi connectivity index (χ3v) is 2.86. The van der Waals surface area contributed by atoms with E-state index in [1.807, 2.05) is 0 Å². The van der Waals surface area contributed by atoms with Crippen molar-refractivity contribution in [1.29, 1.82) is 0 Å². The van der Waals surface area contributed by atoms with Crippen LogP contribution in [0.15, 0.2) is 5.29 Å². The van der Waals surface area contributed by atoms with E-state index in [0.717, 1.165) is 0 Å². The van der Waals surface area contributed by atoms with Crippen molar-refractivity contribution in [2.24, 2.45) is 16.6 Å².